The van der Waals surface area contributed by atoms with Crippen LogP contribution in [0.3, 0.4) is 0 Å². The first-order chi connectivity index (χ1) is 15.2. The van der Waals surface area contributed by atoms with Crippen LogP contribution in [0, 0.1) is 0 Å². The molecule has 0 saturated heterocycles. The molecule has 0 aliphatic heterocycles. The summed E-state index contributed by atoms with van der Waals surface area (Å²) in [7, 11) is 0. The zero-order chi connectivity index (χ0) is 22.9. The predicted octanol–water partition coefficient (Wildman–Crippen LogP) is 9.87. The van der Waals surface area contributed by atoms with E-state index in [1.54, 1.807) is 0 Å². The molecule has 5 aromatic rings. The van der Waals surface area contributed by atoms with E-state index in [0.29, 0.717) is 0 Å². The number of hydrogen-bond acceptors (Lipinski definition) is 0. The normalized spacial score (nSPS) is 11.6. The van der Waals surface area contributed by atoms with E-state index in [2.05, 4.69) is 103 Å². The Kier molecular flexibility index (Phi) is 4.39. The minimum absolute atomic E-state index is 1.07. The lowest BCUT2D eigenvalue weighted by Crippen LogP contribution is -1.96. The predicted molar refractivity (Wildman–Crippen MR) is 146 cm³/mol. The average molecular weight is 413 g/mol. The Morgan fingerprint density at radius 1 is 0.375 bits per heavy atom. The van der Waals surface area contributed by atoms with Gasteiger partial charge in [0.15, 0.2) is 0 Å². The molecule has 32 heavy (non-hydrogen) atoms. The van der Waals surface area contributed by atoms with Gasteiger partial charge in [-0.2, -0.15) is 0 Å². The van der Waals surface area contributed by atoms with Crippen LogP contribution < -0.4 is 0 Å². The molecule has 5 aromatic carbocycles. The van der Waals surface area contributed by atoms with E-state index in [1.807, 2.05) is 0 Å². The van der Waals surface area contributed by atoms with Gasteiger partial charge in [-0.15, -0.1) is 0 Å². The summed E-state index contributed by atoms with van der Waals surface area (Å²) in [6, 6.07) is 18.0. The maximum absolute atomic E-state index is 4.28. The highest BCUT2D eigenvalue weighted by atomic mass is 14.2. The minimum atomic E-state index is 1.07. The molecule has 0 bridgehead atoms. The molecular weight excluding hydrogens is 384 g/mol. The summed E-state index contributed by atoms with van der Waals surface area (Å²) in [5.74, 6) is 0. The Bertz CT molecular complexity index is 1410. The topological polar surface area (TPSA) is 0 Å². The third-order valence-electron chi connectivity index (χ3n) is 6.74. The molecule has 0 heteroatoms. The molecule has 0 N–H and O–H groups in total. The van der Waals surface area contributed by atoms with Gasteiger partial charge in [0.2, 0.25) is 0 Å². The van der Waals surface area contributed by atoms with Gasteiger partial charge in [-0.05, 0) is 93.0 Å². The van der Waals surface area contributed by atoms with E-state index in [0.717, 1.165) is 22.3 Å². The van der Waals surface area contributed by atoms with Crippen molar-refractivity contribution in [2.24, 2.45) is 0 Å². The van der Waals surface area contributed by atoms with Gasteiger partial charge >= 0.3 is 0 Å². The zero-order valence-corrected chi connectivity index (χ0v) is 19.4. The van der Waals surface area contributed by atoms with Crippen molar-refractivity contribution in [3.05, 3.63) is 97.1 Å². The van der Waals surface area contributed by atoms with Gasteiger partial charge in [-0.25, -0.2) is 0 Å². The zero-order valence-electron chi connectivity index (χ0n) is 19.4. The standard InChI is InChI=1S/C32H28/c1-17(2)21-9-13-25-27-15-11-23(19(5)6)30-24(20(7)8)12-16-28(32(27)30)26-14-10-22(18(3)4)29(21)31(25)26/h9-16H,1,3,5,7H2,2,4,6,8H3. The molecule has 0 radical (unpaired) electrons. The van der Waals surface area contributed by atoms with Gasteiger partial charge in [0, 0.05) is 0 Å². The Morgan fingerprint density at radius 2 is 0.594 bits per heavy atom. The van der Waals surface area contributed by atoms with Crippen LogP contribution in [-0.2, 0) is 0 Å². The minimum Gasteiger partial charge on any atom is -0.0955 e. The second-order valence-electron chi connectivity index (χ2n) is 9.26. The van der Waals surface area contributed by atoms with Crippen LogP contribution in [0.5, 0.6) is 0 Å². The van der Waals surface area contributed by atoms with Crippen molar-refractivity contribution in [1.82, 2.24) is 0 Å². The monoisotopic (exact) mass is 412 g/mol. The molecule has 0 aliphatic carbocycles. The van der Waals surface area contributed by atoms with Crippen molar-refractivity contribution in [3.63, 3.8) is 0 Å². The van der Waals surface area contributed by atoms with Crippen LogP contribution in [0.25, 0.3) is 65.4 Å². The fourth-order valence-corrected chi connectivity index (χ4v) is 5.31. The lowest BCUT2D eigenvalue weighted by atomic mass is 9.82. The number of rotatable bonds is 4. The van der Waals surface area contributed by atoms with Crippen molar-refractivity contribution < 1.29 is 0 Å². The average Bonchev–Trinajstić information content (AvgIpc) is 2.75. The Morgan fingerprint density at radius 3 is 0.781 bits per heavy atom. The Labute approximate surface area is 190 Å². The highest BCUT2D eigenvalue weighted by Gasteiger charge is 2.20. The third kappa shape index (κ3) is 2.63. The molecule has 5 rings (SSSR count). The van der Waals surface area contributed by atoms with Crippen molar-refractivity contribution in [2.45, 2.75) is 27.7 Å². The van der Waals surface area contributed by atoms with E-state index in [-0.39, 0.29) is 0 Å². The molecule has 0 saturated carbocycles. The highest BCUT2D eigenvalue weighted by Crippen LogP contribution is 2.46. The Balaban J connectivity index is 2.17. The maximum Gasteiger partial charge on any atom is -0.00141 e. The summed E-state index contributed by atoms with van der Waals surface area (Å²) in [6.45, 7) is 25.4. The fourth-order valence-electron chi connectivity index (χ4n) is 5.31. The van der Waals surface area contributed by atoms with Gasteiger partial charge in [0.05, 0.1) is 0 Å². The van der Waals surface area contributed by atoms with Gasteiger partial charge in [0.25, 0.3) is 0 Å². The van der Waals surface area contributed by atoms with Gasteiger partial charge in [-0.1, -0.05) is 97.1 Å². The third-order valence-corrected chi connectivity index (χ3v) is 6.74. The molecule has 0 unspecified atom stereocenters. The fraction of sp³-hybridized carbons (Fsp3) is 0.125. The number of benzene rings is 5. The number of allylic oxidation sites excluding steroid dienone is 4. The summed E-state index contributed by atoms with van der Waals surface area (Å²) >= 11 is 0. The summed E-state index contributed by atoms with van der Waals surface area (Å²) in [4.78, 5) is 0. The van der Waals surface area contributed by atoms with E-state index in [4.69, 9.17) is 0 Å². The molecule has 0 spiro atoms. The smallest absolute Gasteiger partial charge is 0.00141 e. The van der Waals surface area contributed by atoms with Crippen LogP contribution in [0.2, 0.25) is 0 Å². The molecule has 0 aliphatic rings. The van der Waals surface area contributed by atoms with Crippen molar-refractivity contribution in [2.75, 3.05) is 0 Å². The quantitative estimate of drug-likeness (QED) is 0.203. The SMILES string of the molecule is C=C(C)c1ccc2c3ccc(C(=C)C)c4c(C(=C)C)ccc(c5ccc(C(=C)C)c1c25)c43. The summed E-state index contributed by atoms with van der Waals surface area (Å²) in [6.07, 6.45) is 0. The summed E-state index contributed by atoms with van der Waals surface area (Å²) in [5.41, 5.74) is 9.07. The molecule has 156 valence electrons. The van der Waals surface area contributed by atoms with E-state index >= 15 is 0 Å². The molecule has 0 fully saturated rings. The Hall–Kier alpha value is -3.64. The highest BCUT2D eigenvalue weighted by molar-refractivity contribution is 6.35. The van der Waals surface area contributed by atoms with Crippen LogP contribution in [0.15, 0.2) is 74.8 Å². The molecule has 0 aromatic heterocycles. The van der Waals surface area contributed by atoms with Gasteiger partial charge in [-0.3, -0.25) is 0 Å². The van der Waals surface area contributed by atoms with Gasteiger partial charge in [0.1, 0.15) is 0 Å². The number of hydrogen-bond donors (Lipinski definition) is 0. The van der Waals surface area contributed by atoms with Crippen molar-refractivity contribution >= 4 is 65.4 Å². The number of fused-ring (bicyclic) bond motifs is 2. The molecule has 0 amide bonds. The first-order valence-corrected chi connectivity index (χ1v) is 11.1. The van der Waals surface area contributed by atoms with Crippen molar-refractivity contribution in [1.29, 1.82) is 0 Å². The second-order valence-corrected chi connectivity index (χ2v) is 9.26. The molecular formula is C32H28. The van der Waals surface area contributed by atoms with E-state index in [9.17, 15) is 0 Å². The van der Waals surface area contributed by atoms with E-state index < -0.39 is 0 Å². The van der Waals surface area contributed by atoms with Crippen LogP contribution >= 0.6 is 0 Å². The van der Waals surface area contributed by atoms with Crippen LogP contribution in [-0.4, -0.2) is 0 Å². The van der Waals surface area contributed by atoms with E-state index in [1.165, 1.54) is 65.3 Å². The van der Waals surface area contributed by atoms with Gasteiger partial charge < -0.3 is 0 Å². The first-order valence-electron chi connectivity index (χ1n) is 11.1. The largest absolute Gasteiger partial charge is 0.0955 e. The van der Waals surface area contributed by atoms with Crippen LogP contribution in [0.4, 0.5) is 0 Å². The first kappa shape index (κ1) is 20.3. The summed E-state index contributed by atoms with van der Waals surface area (Å²) in [5, 5.41) is 10.2. The lowest BCUT2D eigenvalue weighted by molar-refractivity contribution is 1.60. The molecule has 0 heterocycles. The van der Waals surface area contributed by atoms with Crippen molar-refractivity contribution in [3.8, 4) is 0 Å². The second kappa shape index (κ2) is 6.93. The lowest BCUT2D eigenvalue weighted by Gasteiger charge is -2.21. The maximum atomic E-state index is 4.28. The van der Waals surface area contributed by atoms with Crippen LogP contribution in [0.1, 0.15) is 49.9 Å². The molecule has 0 atom stereocenters. The molecule has 0 nitrogen and oxygen atoms in total. The summed E-state index contributed by atoms with van der Waals surface area (Å²) < 4.78 is 0.